The van der Waals surface area contributed by atoms with Crippen LogP contribution in [-0.4, -0.2) is 60.5 Å². The molecule has 0 aromatic carbocycles. The minimum absolute atomic E-state index is 0.0151. The minimum Gasteiger partial charge on any atom is -0.480 e. The van der Waals surface area contributed by atoms with Crippen molar-refractivity contribution in [3.05, 3.63) is 24.3 Å². The highest BCUT2D eigenvalue weighted by Crippen LogP contribution is 2.43. The van der Waals surface area contributed by atoms with Gasteiger partial charge in [0, 0.05) is 13.0 Å². The molecule has 0 aliphatic carbocycles. The van der Waals surface area contributed by atoms with E-state index in [1.807, 2.05) is 0 Å². The third-order valence-corrected chi connectivity index (χ3v) is 8.93. The first-order valence-corrected chi connectivity index (χ1v) is 20.4. The van der Waals surface area contributed by atoms with Gasteiger partial charge in [-0.3, -0.25) is 18.6 Å². The molecule has 10 nitrogen and oxygen atoms in total. The number of hydrogen-bond acceptors (Lipinski definition) is 8. The lowest BCUT2D eigenvalue weighted by Gasteiger charge is -2.20. The fourth-order valence-corrected chi connectivity index (χ4v) is 5.76. The molecule has 0 saturated heterocycles. The fourth-order valence-electron chi connectivity index (χ4n) is 4.99. The molecule has 0 aliphatic heterocycles. The zero-order chi connectivity index (χ0) is 35.6. The number of rotatable bonds is 36. The van der Waals surface area contributed by atoms with Gasteiger partial charge in [-0.15, -0.1) is 0 Å². The van der Waals surface area contributed by atoms with E-state index in [1.165, 1.54) is 83.5 Å². The van der Waals surface area contributed by atoms with Crippen LogP contribution in [0.25, 0.3) is 0 Å². The number of carbonyl (C=O) groups excluding carboxylic acids is 1. The molecule has 0 saturated carbocycles. The van der Waals surface area contributed by atoms with E-state index in [4.69, 9.17) is 24.8 Å². The number of carboxylic acid groups (broad SMARTS) is 1. The zero-order valence-corrected chi connectivity index (χ0v) is 31.2. The van der Waals surface area contributed by atoms with Crippen molar-refractivity contribution in [3.63, 3.8) is 0 Å². The van der Waals surface area contributed by atoms with E-state index in [-0.39, 0.29) is 13.0 Å². The summed E-state index contributed by atoms with van der Waals surface area (Å²) < 4.78 is 33.1. The molecule has 0 amide bonds. The molecule has 0 aromatic heterocycles. The Morgan fingerprint density at radius 1 is 0.667 bits per heavy atom. The fraction of sp³-hybridized carbons (Fsp3) is 0.838. The zero-order valence-electron chi connectivity index (χ0n) is 30.3. The normalized spacial score (nSPS) is 14.4. The van der Waals surface area contributed by atoms with Gasteiger partial charge in [-0.1, -0.05) is 134 Å². The maximum atomic E-state index is 12.4. The molecule has 0 spiro atoms. The van der Waals surface area contributed by atoms with Crippen LogP contribution in [0.2, 0.25) is 0 Å². The summed E-state index contributed by atoms with van der Waals surface area (Å²) in [6.07, 6.45) is 34.0. The number of ether oxygens (including phenoxy) is 2. The summed E-state index contributed by atoms with van der Waals surface area (Å²) in [6.45, 7) is 3.79. The topological polar surface area (TPSA) is 155 Å². The van der Waals surface area contributed by atoms with Crippen LogP contribution >= 0.6 is 7.82 Å². The van der Waals surface area contributed by atoms with Crippen LogP contribution < -0.4 is 5.73 Å². The van der Waals surface area contributed by atoms with Crippen LogP contribution in [0, 0.1) is 0 Å². The lowest BCUT2D eigenvalue weighted by atomic mass is 10.1. The van der Waals surface area contributed by atoms with Gasteiger partial charge in [0.25, 0.3) is 0 Å². The largest absolute Gasteiger partial charge is 0.480 e. The van der Waals surface area contributed by atoms with Gasteiger partial charge in [0.15, 0.2) is 0 Å². The average molecular weight is 704 g/mol. The Morgan fingerprint density at radius 2 is 1.15 bits per heavy atom. The Hall–Kier alpha value is -1.55. The molecule has 3 unspecified atom stereocenters. The van der Waals surface area contributed by atoms with Crippen molar-refractivity contribution in [3.8, 4) is 0 Å². The summed E-state index contributed by atoms with van der Waals surface area (Å²) in [4.78, 5) is 33.2. The number of phosphoric acid groups is 1. The molecule has 0 heterocycles. The molecular weight excluding hydrogens is 633 g/mol. The van der Waals surface area contributed by atoms with E-state index in [0.29, 0.717) is 13.0 Å². The second kappa shape index (κ2) is 33.9. The van der Waals surface area contributed by atoms with Crippen LogP contribution in [0.3, 0.4) is 0 Å². The first-order chi connectivity index (χ1) is 23.2. The third-order valence-electron chi connectivity index (χ3n) is 7.98. The van der Waals surface area contributed by atoms with Gasteiger partial charge in [-0.25, -0.2) is 4.57 Å². The average Bonchev–Trinajstić information content (AvgIpc) is 3.06. The Morgan fingerprint density at radius 3 is 1.71 bits per heavy atom. The van der Waals surface area contributed by atoms with E-state index in [1.54, 1.807) is 0 Å². The van der Waals surface area contributed by atoms with E-state index in [0.717, 1.165) is 51.4 Å². The van der Waals surface area contributed by atoms with Crippen molar-refractivity contribution in [1.82, 2.24) is 0 Å². The highest BCUT2D eigenvalue weighted by molar-refractivity contribution is 7.47. The predicted octanol–water partition coefficient (Wildman–Crippen LogP) is 9.58. The van der Waals surface area contributed by atoms with Crippen LogP contribution in [0.5, 0.6) is 0 Å². The molecule has 4 N–H and O–H groups in total. The number of allylic oxidation sites excluding steroid dienone is 4. The predicted molar refractivity (Wildman–Crippen MR) is 194 cm³/mol. The number of nitrogens with two attached hydrogens (primary N) is 1. The number of phosphoric ester groups is 1. The maximum absolute atomic E-state index is 12.4. The second-order valence-corrected chi connectivity index (χ2v) is 14.2. The molecular formula is C37H70NO9P. The first-order valence-electron chi connectivity index (χ1n) is 18.9. The standard InChI is InChI=1S/C37H70NO9P/c1-3-5-7-9-11-12-13-14-15-16-17-18-19-20-21-22-24-26-28-30-44-31-34(32-45-48(42,43)46-33-35(38)37(40)41)47-36(39)29-27-25-23-10-8-6-4-2/h12-13,15-16,34-35H,3-11,14,17-33,38H2,1-2H3,(H,40,41)(H,42,43)/b13-12-,16-15-. The van der Waals surface area contributed by atoms with Gasteiger partial charge < -0.3 is 25.2 Å². The van der Waals surface area contributed by atoms with Gasteiger partial charge in [0.05, 0.1) is 19.8 Å². The number of unbranched alkanes of at least 4 members (excludes halogenated alkanes) is 18. The number of carboxylic acids is 1. The summed E-state index contributed by atoms with van der Waals surface area (Å²) in [6, 6.07) is -1.47. The molecule has 282 valence electrons. The SMILES string of the molecule is CCCCCC/C=C\C/C=C\CCCCCCCCCCOCC(COP(=O)(O)OCC(N)C(=O)O)OC(=O)CCCCCCCCC. The Kier molecular flexibility index (Phi) is 32.8. The molecule has 0 fully saturated rings. The van der Waals surface area contributed by atoms with Gasteiger partial charge in [0.1, 0.15) is 12.1 Å². The van der Waals surface area contributed by atoms with Gasteiger partial charge in [0.2, 0.25) is 0 Å². The summed E-state index contributed by atoms with van der Waals surface area (Å²) in [5.41, 5.74) is 5.32. The molecule has 0 aromatic rings. The summed E-state index contributed by atoms with van der Waals surface area (Å²) in [7, 11) is -4.60. The lowest BCUT2D eigenvalue weighted by molar-refractivity contribution is -0.154. The van der Waals surface area contributed by atoms with Gasteiger partial charge >= 0.3 is 19.8 Å². The van der Waals surface area contributed by atoms with E-state index in [9.17, 15) is 19.0 Å². The maximum Gasteiger partial charge on any atom is 0.472 e. The Labute approximate surface area is 292 Å². The summed E-state index contributed by atoms with van der Waals surface area (Å²) in [5.74, 6) is -1.79. The lowest BCUT2D eigenvalue weighted by Crippen LogP contribution is -2.34. The number of carbonyl (C=O) groups is 2. The molecule has 3 atom stereocenters. The molecule has 0 rings (SSSR count). The van der Waals surface area contributed by atoms with E-state index >= 15 is 0 Å². The molecule has 0 aliphatic rings. The molecule has 0 bridgehead atoms. The second-order valence-electron chi connectivity index (χ2n) is 12.7. The first kappa shape index (κ1) is 46.5. The van der Waals surface area contributed by atoms with Crippen molar-refractivity contribution in [2.75, 3.05) is 26.4 Å². The number of aliphatic carboxylic acids is 1. The van der Waals surface area contributed by atoms with Crippen molar-refractivity contribution < 1.29 is 42.7 Å². The van der Waals surface area contributed by atoms with Crippen LogP contribution in [0.15, 0.2) is 24.3 Å². The van der Waals surface area contributed by atoms with Crippen LogP contribution in [0.1, 0.15) is 162 Å². The van der Waals surface area contributed by atoms with Crippen molar-refractivity contribution in [2.24, 2.45) is 5.73 Å². The van der Waals surface area contributed by atoms with Crippen LogP contribution in [-0.2, 0) is 32.7 Å². The Balaban J connectivity index is 4.16. The van der Waals surface area contributed by atoms with Gasteiger partial charge in [-0.05, 0) is 44.9 Å². The highest BCUT2D eigenvalue weighted by atomic mass is 31.2. The van der Waals surface area contributed by atoms with Crippen molar-refractivity contribution in [2.45, 2.75) is 174 Å². The van der Waals surface area contributed by atoms with Crippen LogP contribution in [0.4, 0.5) is 0 Å². The van der Waals surface area contributed by atoms with Crippen molar-refractivity contribution in [1.29, 1.82) is 0 Å². The van der Waals surface area contributed by atoms with E-state index in [2.05, 4.69) is 42.7 Å². The summed E-state index contributed by atoms with van der Waals surface area (Å²) >= 11 is 0. The quantitative estimate of drug-likeness (QED) is 0.0249. The van der Waals surface area contributed by atoms with E-state index < -0.39 is 45.1 Å². The number of esters is 1. The Bertz CT molecular complexity index is 868. The monoisotopic (exact) mass is 703 g/mol. The minimum atomic E-state index is -4.60. The van der Waals surface area contributed by atoms with Gasteiger partial charge in [-0.2, -0.15) is 0 Å². The molecule has 48 heavy (non-hydrogen) atoms. The number of hydrogen-bond donors (Lipinski definition) is 3. The summed E-state index contributed by atoms with van der Waals surface area (Å²) in [5, 5.41) is 8.84. The van der Waals surface area contributed by atoms with Crippen molar-refractivity contribution >= 4 is 19.8 Å². The smallest absolute Gasteiger partial charge is 0.472 e. The third kappa shape index (κ3) is 33.0. The molecule has 11 heteroatoms. The molecule has 0 radical (unpaired) electrons. The highest BCUT2D eigenvalue weighted by Gasteiger charge is 2.27.